The molecule has 1 fully saturated rings. The van der Waals surface area contributed by atoms with Crippen LogP contribution < -0.4 is 0 Å². The van der Waals surface area contributed by atoms with Gasteiger partial charge in [-0.1, -0.05) is 53.7 Å². The van der Waals surface area contributed by atoms with Crippen molar-refractivity contribution in [2.75, 3.05) is 19.0 Å². The highest BCUT2D eigenvalue weighted by atomic mass is 35.5. The smallest absolute Gasteiger partial charge is 0.316 e. The van der Waals surface area contributed by atoms with Gasteiger partial charge in [0.2, 0.25) is 5.78 Å². The van der Waals surface area contributed by atoms with Crippen molar-refractivity contribution in [2.24, 2.45) is 0 Å². The van der Waals surface area contributed by atoms with Crippen molar-refractivity contribution in [1.82, 2.24) is 14.1 Å². The van der Waals surface area contributed by atoms with E-state index in [1.165, 1.54) is 11.8 Å². The van der Waals surface area contributed by atoms with Gasteiger partial charge in [0, 0.05) is 35.1 Å². The fraction of sp³-hybridized carbons (Fsp3) is 0.345. The summed E-state index contributed by atoms with van der Waals surface area (Å²) >= 11 is 7.47. The molecule has 4 aromatic rings. The molecule has 1 saturated heterocycles. The van der Waals surface area contributed by atoms with Crippen molar-refractivity contribution in [3.63, 3.8) is 0 Å². The molecule has 1 aliphatic heterocycles. The van der Waals surface area contributed by atoms with Crippen LogP contribution in [0.5, 0.6) is 0 Å². The SMILES string of the molecule is Cc1cc(C(=O)COC(=O)CSc2nc3cc(Cl)ccc3n2Cc2ccccc2)c(C)n1C[C@@H]1CCCO1. The molecule has 7 nitrogen and oxygen atoms in total. The van der Waals surface area contributed by atoms with Crippen LogP contribution in [0.1, 0.15) is 40.2 Å². The van der Waals surface area contributed by atoms with Gasteiger partial charge in [-0.15, -0.1) is 0 Å². The summed E-state index contributed by atoms with van der Waals surface area (Å²) < 4.78 is 15.3. The molecule has 0 spiro atoms. The summed E-state index contributed by atoms with van der Waals surface area (Å²) in [6.45, 7) is 5.75. The number of nitrogens with zero attached hydrogens (tertiary/aromatic N) is 3. The molecule has 0 amide bonds. The molecule has 2 aromatic heterocycles. The number of esters is 1. The highest BCUT2D eigenvalue weighted by molar-refractivity contribution is 7.99. The van der Waals surface area contributed by atoms with Gasteiger partial charge < -0.3 is 18.6 Å². The molecule has 3 heterocycles. The van der Waals surface area contributed by atoms with E-state index in [2.05, 4.69) is 9.13 Å². The Morgan fingerprint density at radius 2 is 1.95 bits per heavy atom. The van der Waals surface area contributed by atoms with Crippen molar-refractivity contribution in [2.45, 2.75) is 51.0 Å². The molecule has 1 aliphatic rings. The highest BCUT2D eigenvalue weighted by Gasteiger charge is 2.22. The first kappa shape index (κ1) is 26.5. The predicted octanol–water partition coefficient (Wildman–Crippen LogP) is 5.85. The van der Waals surface area contributed by atoms with Gasteiger partial charge in [-0.3, -0.25) is 9.59 Å². The summed E-state index contributed by atoms with van der Waals surface area (Å²) in [6.07, 6.45) is 2.28. The number of hydrogen-bond acceptors (Lipinski definition) is 6. The van der Waals surface area contributed by atoms with Crippen LogP contribution in [0.4, 0.5) is 0 Å². The highest BCUT2D eigenvalue weighted by Crippen LogP contribution is 2.27. The summed E-state index contributed by atoms with van der Waals surface area (Å²) in [5.41, 5.74) is 5.28. The van der Waals surface area contributed by atoms with Gasteiger partial charge in [-0.2, -0.15) is 0 Å². The molecular weight excluding hydrogens is 522 g/mol. The molecule has 38 heavy (non-hydrogen) atoms. The first-order valence-electron chi connectivity index (χ1n) is 12.7. The summed E-state index contributed by atoms with van der Waals surface area (Å²) in [6, 6.07) is 17.5. The Hall–Kier alpha value is -3.07. The number of hydrogen-bond donors (Lipinski definition) is 0. The molecule has 0 radical (unpaired) electrons. The fourth-order valence-corrected chi connectivity index (χ4v) is 5.83. The number of ketones is 1. The number of thioether (sulfide) groups is 1. The second-order valence-corrected chi connectivity index (χ2v) is 10.9. The second kappa shape index (κ2) is 11.8. The van der Waals surface area contributed by atoms with E-state index in [0.29, 0.717) is 22.3 Å². The first-order valence-corrected chi connectivity index (χ1v) is 14.0. The van der Waals surface area contributed by atoms with Crippen LogP contribution in [0.3, 0.4) is 0 Å². The number of aromatic nitrogens is 3. The molecule has 0 saturated carbocycles. The summed E-state index contributed by atoms with van der Waals surface area (Å²) in [7, 11) is 0. The summed E-state index contributed by atoms with van der Waals surface area (Å²) in [4.78, 5) is 30.2. The van der Waals surface area contributed by atoms with Gasteiger partial charge in [0.15, 0.2) is 11.8 Å². The van der Waals surface area contributed by atoms with Crippen LogP contribution in [0.15, 0.2) is 59.8 Å². The normalized spacial score (nSPS) is 15.3. The van der Waals surface area contributed by atoms with Crippen LogP contribution in [0.2, 0.25) is 5.02 Å². The summed E-state index contributed by atoms with van der Waals surface area (Å²) in [5, 5.41) is 1.29. The van der Waals surface area contributed by atoms with Gasteiger partial charge in [0.05, 0.1) is 29.4 Å². The van der Waals surface area contributed by atoms with E-state index in [-0.39, 0.29) is 24.2 Å². The second-order valence-electron chi connectivity index (χ2n) is 9.50. The van der Waals surface area contributed by atoms with Gasteiger partial charge >= 0.3 is 5.97 Å². The Kier molecular flexibility index (Phi) is 8.21. The monoisotopic (exact) mass is 551 g/mol. The number of rotatable bonds is 10. The van der Waals surface area contributed by atoms with Crippen LogP contribution in [0, 0.1) is 13.8 Å². The van der Waals surface area contributed by atoms with Crippen LogP contribution >= 0.6 is 23.4 Å². The Balaban J connectivity index is 1.22. The number of aryl methyl sites for hydroxylation is 1. The first-order chi connectivity index (χ1) is 18.4. The van der Waals surface area contributed by atoms with Gasteiger partial charge in [0.25, 0.3) is 0 Å². The fourth-order valence-electron chi connectivity index (χ4n) is 4.86. The van der Waals surface area contributed by atoms with Crippen molar-refractivity contribution < 1.29 is 19.1 Å². The number of carbonyl (C=O) groups is 2. The number of fused-ring (bicyclic) bond motifs is 1. The van der Waals surface area contributed by atoms with Crippen LogP contribution in [-0.4, -0.2) is 50.9 Å². The third-order valence-electron chi connectivity index (χ3n) is 6.83. The van der Waals surface area contributed by atoms with E-state index in [1.54, 1.807) is 0 Å². The number of carbonyl (C=O) groups excluding carboxylic acids is 2. The van der Waals surface area contributed by atoms with Crippen molar-refractivity contribution in [3.8, 4) is 0 Å². The lowest BCUT2D eigenvalue weighted by Gasteiger charge is -2.14. The molecule has 0 N–H and O–H groups in total. The number of ether oxygens (including phenoxy) is 2. The maximum absolute atomic E-state index is 12.9. The number of imidazole rings is 1. The van der Waals surface area contributed by atoms with Crippen molar-refractivity contribution in [1.29, 1.82) is 0 Å². The molecule has 0 unspecified atom stereocenters. The average molecular weight is 552 g/mol. The number of benzene rings is 2. The van der Waals surface area contributed by atoms with E-state index in [9.17, 15) is 9.59 Å². The minimum absolute atomic E-state index is 0.0389. The van der Waals surface area contributed by atoms with E-state index in [0.717, 1.165) is 54.0 Å². The Morgan fingerprint density at radius 1 is 1.13 bits per heavy atom. The molecule has 9 heteroatoms. The molecule has 5 rings (SSSR count). The van der Waals surface area contributed by atoms with Crippen molar-refractivity contribution in [3.05, 3.63) is 82.1 Å². The average Bonchev–Trinajstić information content (AvgIpc) is 3.62. The predicted molar refractivity (Wildman–Crippen MR) is 149 cm³/mol. The minimum Gasteiger partial charge on any atom is -0.457 e. The van der Waals surface area contributed by atoms with Crippen molar-refractivity contribution >= 4 is 46.1 Å². The quantitative estimate of drug-likeness (QED) is 0.140. The van der Waals surface area contributed by atoms with E-state index >= 15 is 0 Å². The van der Waals surface area contributed by atoms with Gasteiger partial charge in [-0.25, -0.2) is 4.98 Å². The molecule has 2 aromatic carbocycles. The third-order valence-corrected chi connectivity index (χ3v) is 8.01. The molecule has 198 valence electrons. The van der Waals surface area contributed by atoms with E-state index < -0.39 is 5.97 Å². The zero-order valence-corrected chi connectivity index (χ0v) is 23.1. The Labute approximate surface area is 231 Å². The summed E-state index contributed by atoms with van der Waals surface area (Å²) in [5.74, 6) is -0.633. The Morgan fingerprint density at radius 3 is 2.71 bits per heavy atom. The lowest BCUT2D eigenvalue weighted by atomic mass is 10.1. The Bertz CT molecular complexity index is 1460. The molecule has 0 bridgehead atoms. The zero-order valence-electron chi connectivity index (χ0n) is 21.5. The van der Waals surface area contributed by atoms with E-state index in [1.807, 2.05) is 68.4 Å². The van der Waals surface area contributed by atoms with E-state index in [4.69, 9.17) is 26.1 Å². The largest absolute Gasteiger partial charge is 0.457 e. The molecule has 1 atom stereocenters. The number of halogens is 1. The minimum atomic E-state index is -0.465. The number of Topliss-reactive ketones (excluding diaryl/α,β-unsaturated/α-hetero) is 1. The van der Waals surface area contributed by atoms with Crippen LogP contribution in [-0.2, 0) is 27.4 Å². The van der Waals surface area contributed by atoms with Gasteiger partial charge in [0.1, 0.15) is 0 Å². The maximum Gasteiger partial charge on any atom is 0.316 e. The molecule has 0 aliphatic carbocycles. The van der Waals surface area contributed by atoms with Gasteiger partial charge in [-0.05, 0) is 56.5 Å². The van der Waals surface area contributed by atoms with Crippen LogP contribution in [0.25, 0.3) is 11.0 Å². The lowest BCUT2D eigenvalue weighted by Crippen LogP contribution is -2.18. The topological polar surface area (TPSA) is 75.4 Å². The standard InChI is InChI=1S/C29H30ClN3O4S/c1-19-13-24(20(2)32(19)16-23-9-6-12-36-23)27(34)17-37-28(35)18-38-29-31-25-14-22(30)10-11-26(25)33(29)15-21-7-4-3-5-8-21/h3-5,7-8,10-11,13-14,23H,6,9,12,15-18H2,1-2H3/t23-/m0/s1. The molecular formula is C29H30ClN3O4S. The maximum atomic E-state index is 12.9. The zero-order chi connectivity index (χ0) is 26.6. The third kappa shape index (κ3) is 5.98. The lowest BCUT2D eigenvalue weighted by molar-refractivity contribution is -0.139.